The first-order valence-electron chi connectivity index (χ1n) is 8.91. The van der Waals surface area contributed by atoms with Crippen molar-refractivity contribution in [1.29, 1.82) is 0 Å². The highest BCUT2D eigenvalue weighted by Gasteiger charge is 2.25. The molecule has 0 amide bonds. The van der Waals surface area contributed by atoms with E-state index >= 15 is 0 Å². The zero-order chi connectivity index (χ0) is 16.1. The van der Waals surface area contributed by atoms with Crippen LogP contribution >= 0.6 is 0 Å². The van der Waals surface area contributed by atoms with Crippen LogP contribution in [0.2, 0.25) is 0 Å². The lowest BCUT2D eigenvalue weighted by Crippen LogP contribution is -2.14. The summed E-state index contributed by atoms with van der Waals surface area (Å²) in [6.45, 7) is 3.96. The summed E-state index contributed by atoms with van der Waals surface area (Å²) in [5.74, 6) is 1.08. The minimum Gasteiger partial charge on any atom is -0.381 e. The van der Waals surface area contributed by atoms with Crippen molar-refractivity contribution in [1.82, 2.24) is 24.3 Å². The third-order valence-electron chi connectivity index (χ3n) is 5.63. The first-order chi connectivity index (χ1) is 11.8. The lowest BCUT2D eigenvalue weighted by atomic mass is 9.93. The number of ether oxygens (including phenoxy) is 1. The van der Waals surface area contributed by atoms with Crippen molar-refractivity contribution >= 4 is 16.8 Å². The highest BCUT2D eigenvalue weighted by atomic mass is 16.5. The van der Waals surface area contributed by atoms with Gasteiger partial charge in [0.25, 0.3) is 0 Å². The predicted molar refractivity (Wildman–Crippen MR) is 92.5 cm³/mol. The van der Waals surface area contributed by atoms with Gasteiger partial charge < -0.3 is 14.6 Å². The quantitative estimate of drug-likeness (QED) is 0.786. The van der Waals surface area contributed by atoms with Gasteiger partial charge in [-0.25, -0.2) is 9.97 Å². The number of imidazole rings is 1. The molecule has 3 aromatic rings. The Morgan fingerprint density at radius 2 is 2.08 bits per heavy atom. The molecule has 0 bridgehead atoms. The number of aromatic nitrogens is 4. The van der Waals surface area contributed by atoms with Gasteiger partial charge in [-0.2, -0.15) is 0 Å². The molecular formula is C18H23N5O. The Bertz CT molecular complexity index is 876. The zero-order valence-electron chi connectivity index (χ0n) is 14.0. The average molecular weight is 325 g/mol. The van der Waals surface area contributed by atoms with Gasteiger partial charge in [0, 0.05) is 38.1 Å². The van der Waals surface area contributed by atoms with Crippen LogP contribution in [0, 0.1) is 0 Å². The molecular weight excluding hydrogens is 302 g/mol. The summed E-state index contributed by atoms with van der Waals surface area (Å²) in [5.41, 5.74) is 5.67. The van der Waals surface area contributed by atoms with Crippen molar-refractivity contribution in [3.05, 3.63) is 29.8 Å². The van der Waals surface area contributed by atoms with E-state index in [9.17, 15) is 0 Å². The van der Waals surface area contributed by atoms with E-state index < -0.39 is 0 Å². The summed E-state index contributed by atoms with van der Waals surface area (Å²) in [4.78, 5) is 15.2. The molecule has 0 spiro atoms. The Hall–Kier alpha value is -1.92. The first-order valence-corrected chi connectivity index (χ1v) is 8.91. The Morgan fingerprint density at radius 1 is 1.21 bits per heavy atom. The Labute approximate surface area is 140 Å². The summed E-state index contributed by atoms with van der Waals surface area (Å²) < 4.78 is 7.78. The normalized spacial score (nSPS) is 23.6. The number of hydrogen-bond acceptors (Lipinski definition) is 4. The Morgan fingerprint density at radius 3 is 2.88 bits per heavy atom. The van der Waals surface area contributed by atoms with Crippen molar-refractivity contribution in [3.63, 3.8) is 0 Å². The molecule has 0 aromatic carbocycles. The maximum atomic E-state index is 5.53. The first kappa shape index (κ1) is 14.4. The van der Waals surface area contributed by atoms with E-state index in [-0.39, 0.29) is 0 Å². The van der Waals surface area contributed by atoms with Gasteiger partial charge in [0.2, 0.25) is 0 Å². The number of hydrogen-bond donors (Lipinski definition) is 1. The molecule has 24 heavy (non-hydrogen) atoms. The molecule has 3 aromatic heterocycles. The number of aromatic amines is 1. The molecule has 1 N–H and O–H groups in total. The molecule has 5 rings (SSSR count). The van der Waals surface area contributed by atoms with Crippen LogP contribution in [-0.2, 0) is 4.74 Å². The van der Waals surface area contributed by atoms with Gasteiger partial charge in [0.15, 0.2) is 11.3 Å². The molecule has 0 aliphatic carbocycles. The number of H-pyrrole nitrogens is 1. The smallest absolute Gasteiger partial charge is 0.156 e. The second kappa shape index (κ2) is 5.57. The number of likely N-dealkylation sites (N-methyl/N-ethyl adjacent to an activating group) is 1. The van der Waals surface area contributed by atoms with Gasteiger partial charge >= 0.3 is 0 Å². The minimum atomic E-state index is 0.537. The van der Waals surface area contributed by atoms with Crippen LogP contribution in [0.1, 0.15) is 42.4 Å². The van der Waals surface area contributed by atoms with Crippen LogP contribution in [0.4, 0.5) is 0 Å². The van der Waals surface area contributed by atoms with Gasteiger partial charge in [-0.3, -0.25) is 4.40 Å². The zero-order valence-corrected chi connectivity index (χ0v) is 14.0. The highest BCUT2D eigenvalue weighted by molar-refractivity contribution is 5.79. The van der Waals surface area contributed by atoms with Crippen molar-refractivity contribution < 1.29 is 4.74 Å². The second-order valence-corrected chi connectivity index (χ2v) is 7.23. The third kappa shape index (κ3) is 2.24. The third-order valence-corrected chi connectivity index (χ3v) is 5.63. The summed E-state index contributed by atoms with van der Waals surface area (Å²) in [7, 11) is 2.19. The highest BCUT2D eigenvalue weighted by Crippen LogP contribution is 2.33. The molecule has 126 valence electrons. The molecule has 2 saturated heterocycles. The second-order valence-electron chi connectivity index (χ2n) is 7.23. The standard InChI is InChI=1S/C18H23N5O/c1-22-5-2-13(10-22)15-11-23-16(21-15)9-20-18-17(23)14(8-19-18)12-3-6-24-7-4-12/h8-9,11-13,19H,2-7,10H2,1H3. The molecule has 0 saturated carbocycles. The van der Waals surface area contributed by atoms with E-state index in [2.05, 4.69) is 38.7 Å². The van der Waals surface area contributed by atoms with Crippen LogP contribution in [0.5, 0.6) is 0 Å². The summed E-state index contributed by atoms with van der Waals surface area (Å²) in [5, 5.41) is 0. The van der Waals surface area contributed by atoms with Crippen LogP contribution in [0.25, 0.3) is 16.8 Å². The molecule has 1 unspecified atom stereocenters. The monoisotopic (exact) mass is 325 g/mol. The molecule has 2 aliphatic heterocycles. The van der Waals surface area contributed by atoms with E-state index in [1.54, 1.807) is 0 Å². The van der Waals surface area contributed by atoms with Crippen molar-refractivity contribution in [3.8, 4) is 0 Å². The van der Waals surface area contributed by atoms with Gasteiger partial charge in [-0.05, 0) is 44.3 Å². The van der Waals surface area contributed by atoms with E-state index in [0.717, 1.165) is 50.4 Å². The van der Waals surface area contributed by atoms with E-state index in [1.165, 1.54) is 23.2 Å². The van der Waals surface area contributed by atoms with E-state index in [4.69, 9.17) is 9.72 Å². The maximum absolute atomic E-state index is 5.53. The predicted octanol–water partition coefficient (Wildman–Crippen LogP) is 2.52. The van der Waals surface area contributed by atoms with Crippen LogP contribution in [0.15, 0.2) is 18.6 Å². The lowest BCUT2D eigenvalue weighted by molar-refractivity contribution is 0.0856. The number of nitrogens with one attached hydrogen (secondary N) is 1. The molecule has 2 fully saturated rings. The number of likely N-dealkylation sites (tertiary alicyclic amines) is 1. The molecule has 1 atom stereocenters. The average Bonchev–Trinajstić information content (AvgIpc) is 3.31. The summed E-state index contributed by atoms with van der Waals surface area (Å²) in [6.07, 6.45) is 9.61. The van der Waals surface area contributed by atoms with Gasteiger partial charge in [-0.15, -0.1) is 0 Å². The largest absolute Gasteiger partial charge is 0.381 e. The Balaban J connectivity index is 1.63. The minimum absolute atomic E-state index is 0.537. The van der Waals surface area contributed by atoms with Crippen LogP contribution in [0.3, 0.4) is 0 Å². The number of fused-ring (bicyclic) bond motifs is 3. The SMILES string of the molecule is CN1CCC(c2cn3c(cnc4[nH]cc(C5CCOCC5)c43)n2)C1. The maximum Gasteiger partial charge on any atom is 0.156 e. The fraction of sp³-hybridized carbons (Fsp3) is 0.556. The molecule has 0 radical (unpaired) electrons. The molecule has 6 heteroatoms. The summed E-state index contributed by atoms with van der Waals surface area (Å²) in [6, 6.07) is 0. The molecule has 2 aliphatic rings. The fourth-order valence-corrected chi connectivity index (χ4v) is 4.27. The summed E-state index contributed by atoms with van der Waals surface area (Å²) >= 11 is 0. The van der Waals surface area contributed by atoms with Crippen molar-refractivity contribution in [2.75, 3.05) is 33.4 Å². The number of nitrogens with zero attached hydrogens (tertiary/aromatic N) is 4. The van der Waals surface area contributed by atoms with Crippen LogP contribution in [-0.4, -0.2) is 57.6 Å². The van der Waals surface area contributed by atoms with Crippen molar-refractivity contribution in [2.45, 2.75) is 31.1 Å². The van der Waals surface area contributed by atoms with Gasteiger partial charge in [0.1, 0.15) is 0 Å². The Kier molecular flexibility index (Phi) is 3.35. The van der Waals surface area contributed by atoms with Crippen molar-refractivity contribution in [2.24, 2.45) is 0 Å². The van der Waals surface area contributed by atoms with E-state index in [0.29, 0.717) is 11.8 Å². The lowest BCUT2D eigenvalue weighted by Gasteiger charge is -2.21. The molecule has 6 nitrogen and oxygen atoms in total. The van der Waals surface area contributed by atoms with Crippen LogP contribution < -0.4 is 0 Å². The van der Waals surface area contributed by atoms with Gasteiger partial charge in [-0.1, -0.05) is 0 Å². The fourth-order valence-electron chi connectivity index (χ4n) is 4.27. The van der Waals surface area contributed by atoms with E-state index in [1.807, 2.05) is 6.20 Å². The number of rotatable bonds is 2. The van der Waals surface area contributed by atoms with Gasteiger partial charge in [0.05, 0.1) is 17.4 Å². The topological polar surface area (TPSA) is 58.5 Å². The molecule has 5 heterocycles.